The van der Waals surface area contributed by atoms with Gasteiger partial charge >= 0.3 is 0 Å². The van der Waals surface area contributed by atoms with E-state index < -0.39 is 0 Å². The van der Waals surface area contributed by atoms with E-state index in [0.717, 1.165) is 32.1 Å². The first-order valence-corrected chi connectivity index (χ1v) is 6.78. The summed E-state index contributed by atoms with van der Waals surface area (Å²) in [6.45, 7) is 4.20. The van der Waals surface area contributed by atoms with E-state index in [1.54, 1.807) is 7.11 Å². The van der Waals surface area contributed by atoms with E-state index in [1.165, 1.54) is 0 Å². The Labute approximate surface area is 108 Å². The van der Waals surface area contributed by atoms with Crippen LogP contribution < -0.4 is 5.73 Å². The Kier molecular flexibility index (Phi) is 4.02. The molecule has 5 heteroatoms. The minimum atomic E-state index is -0.350. The van der Waals surface area contributed by atoms with Crippen LogP contribution in [0.3, 0.4) is 0 Å². The molecule has 0 radical (unpaired) electrons. The van der Waals surface area contributed by atoms with E-state index >= 15 is 0 Å². The van der Waals surface area contributed by atoms with Crippen molar-refractivity contribution in [2.45, 2.75) is 57.6 Å². The molecule has 0 aliphatic heterocycles. The Bertz CT molecular complexity index is 385. The molecule has 1 fully saturated rings. The van der Waals surface area contributed by atoms with Gasteiger partial charge in [0.1, 0.15) is 5.60 Å². The van der Waals surface area contributed by atoms with Gasteiger partial charge in [-0.05, 0) is 31.6 Å². The van der Waals surface area contributed by atoms with Crippen molar-refractivity contribution in [3.8, 4) is 0 Å². The van der Waals surface area contributed by atoms with Crippen LogP contribution in [-0.2, 0) is 10.3 Å². The number of ether oxygens (including phenoxy) is 1. The van der Waals surface area contributed by atoms with Gasteiger partial charge in [-0.3, -0.25) is 0 Å². The van der Waals surface area contributed by atoms with Crippen LogP contribution in [0.1, 0.15) is 63.7 Å². The first-order chi connectivity index (χ1) is 8.63. The summed E-state index contributed by atoms with van der Waals surface area (Å²) in [6.07, 6.45) is 5.21. The highest BCUT2D eigenvalue weighted by atomic mass is 16.5. The van der Waals surface area contributed by atoms with Gasteiger partial charge < -0.3 is 15.0 Å². The Balaban J connectivity index is 2.19. The van der Waals surface area contributed by atoms with Gasteiger partial charge in [0.05, 0.1) is 6.04 Å². The fraction of sp³-hybridized carbons (Fsp3) is 0.846. The van der Waals surface area contributed by atoms with Crippen molar-refractivity contribution in [2.24, 2.45) is 11.7 Å². The number of nitrogens with zero attached hydrogens (tertiary/aromatic N) is 2. The Morgan fingerprint density at radius 2 is 2.11 bits per heavy atom. The van der Waals surface area contributed by atoms with Crippen LogP contribution in [0.4, 0.5) is 0 Å². The van der Waals surface area contributed by atoms with Crippen molar-refractivity contribution in [2.75, 3.05) is 7.11 Å². The summed E-state index contributed by atoms with van der Waals surface area (Å²) in [5.41, 5.74) is 5.76. The van der Waals surface area contributed by atoms with E-state index in [-0.39, 0.29) is 11.6 Å². The molecule has 1 saturated carbocycles. The molecular weight excluding hydrogens is 230 g/mol. The normalized spacial score (nSPS) is 22.0. The predicted octanol–water partition coefficient (Wildman–Crippen LogP) is 2.53. The molecule has 2 N–H and O–H groups in total. The zero-order valence-electron chi connectivity index (χ0n) is 11.5. The fourth-order valence-electron chi connectivity index (χ4n) is 2.52. The molecule has 1 aliphatic rings. The molecule has 0 aromatic carbocycles. The highest BCUT2D eigenvalue weighted by Crippen LogP contribution is 2.40. The molecule has 5 nitrogen and oxygen atoms in total. The molecule has 2 unspecified atom stereocenters. The number of hydrogen-bond donors (Lipinski definition) is 1. The summed E-state index contributed by atoms with van der Waals surface area (Å²) in [6, 6.07) is -0.188. The minimum Gasteiger partial charge on any atom is -0.370 e. The van der Waals surface area contributed by atoms with Crippen LogP contribution in [0.2, 0.25) is 0 Å². The van der Waals surface area contributed by atoms with Gasteiger partial charge in [-0.1, -0.05) is 25.4 Å². The van der Waals surface area contributed by atoms with Crippen molar-refractivity contribution >= 4 is 0 Å². The third-order valence-electron chi connectivity index (χ3n) is 4.19. The van der Waals surface area contributed by atoms with E-state index in [2.05, 4.69) is 24.0 Å². The van der Waals surface area contributed by atoms with Crippen molar-refractivity contribution in [1.29, 1.82) is 0 Å². The Morgan fingerprint density at radius 1 is 1.44 bits per heavy atom. The van der Waals surface area contributed by atoms with Gasteiger partial charge in [-0.25, -0.2) is 0 Å². The second-order valence-corrected chi connectivity index (χ2v) is 5.27. The zero-order valence-corrected chi connectivity index (χ0v) is 11.5. The fourth-order valence-corrected chi connectivity index (χ4v) is 2.52. The van der Waals surface area contributed by atoms with E-state index in [4.69, 9.17) is 15.0 Å². The predicted molar refractivity (Wildman–Crippen MR) is 67.8 cm³/mol. The third-order valence-corrected chi connectivity index (χ3v) is 4.19. The van der Waals surface area contributed by atoms with E-state index in [1.807, 2.05) is 0 Å². The molecule has 1 aliphatic carbocycles. The lowest BCUT2D eigenvalue weighted by molar-refractivity contribution is -0.0178. The molecule has 0 spiro atoms. The van der Waals surface area contributed by atoms with Crippen LogP contribution in [0.25, 0.3) is 0 Å². The van der Waals surface area contributed by atoms with Crippen molar-refractivity contribution in [1.82, 2.24) is 10.1 Å². The summed E-state index contributed by atoms with van der Waals surface area (Å²) in [5, 5.41) is 4.09. The molecular formula is C13H23N3O2. The average Bonchev–Trinajstić information content (AvgIpc) is 3.05. The maximum atomic E-state index is 6.11. The number of aromatic nitrogens is 2. The maximum Gasteiger partial charge on any atom is 0.243 e. The van der Waals surface area contributed by atoms with Gasteiger partial charge in [-0.2, -0.15) is 4.98 Å². The van der Waals surface area contributed by atoms with Crippen molar-refractivity contribution in [3.05, 3.63) is 11.7 Å². The number of rotatable bonds is 5. The van der Waals surface area contributed by atoms with Crippen molar-refractivity contribution in [3.63, 3.8) is 0 Å². The van der Waals surface area contributed by atoms with Gasteiger partial charge in [-0.15, -0.1) is 0 Å². The lowest BCUT2D eigenvalue weighted by Gasteiger charge is -2.22. The van der Waals surface area contributed by atoms with Gasteiger partial charge in [0.25, 0.3) is 0 Å². The summed E-state index contributed by atoms with van der Waals surface area (Å²) >= 11 is 0. The highest BCUT2D eigenvalue weighted by molar-refractivity contribution is 5.06. The van der Waals surface area contributed by atoms with Gasteiger partial charge in [0, 0.05) is 7.11 Å². The highest BCUT2D eigenvalue weighted by Gasteiger charge is 2.40. The molecule has 0 saturated heterocycles. The molecule has 1 aromatic heterocycles. The molecule has 0 bridgehead atoms. The van der Waals surface area contributed by atoms with Gasteiger partial charge in [0.15, 0.2) is 0 Å². The average molecular weight is 253 g/mol. The number of hydrogen-bond acceptors (Lipinski definition) is 5. The first kappa shape index (κ1) is 13.5. The molecule has 1 aromatic rings. The molecule has 1 heterocycles. The topological polar surface area (TPSA) is 74.2 Å². The largest absolute Gasteiger partial charge is 0.370 e. The lowest BCUT2D eigenvalue weighted by Crippen LogP contribution is -2.26. The standard InChI is InChI=1S/C13H23N3O2/c1-4-9(2)10(14)11-15-12(16-18-11)13(17-3)7-5-6-8-13/h9-10H,4-8,14H2,1-3H3. The van der Waals surface area contributed by atoms with Gasteiger partial charge in [0.2, 0.25) is 11.7 Å². The molecule has 2 atom stereocenters. The second-order valence-electron chi connectivity index (χ2n) is 5.27. The maximum absolute atomic E-state index is 6.11. The summed E-state index contributed by atoms with van der Waals surface area (Å²) in [4.78, 5) is 4.48. The summed E-state index contributed by atoms with van der Waals surface area (Å²) in [5.74, 6) is 1.53. The molecule has 102 valence electrons. The Morgan fingerprint density at radius 3 is 2.67 bits per heavy atom. The zero-order chi connectivity index (χ0) is 13.2. The van der Waals surface area contributed by atoms with Crippen LogP contribution in [0.15, 0.2) is 4.52 Å². The minimum absolute atomic E-state index is 0.188. The molecule has 2 rings (SSSR count). The van der Waals surface area contributed by atoms with E-state index in [0.29, 0.717) is 17.6 Å². The number of methoxy groups -OCH3 is 1. The third kappa shape index (κ3) is 2.29. The van der Waals surface area contributed by atoms with E-state index in [9.17, 15) is 0 Å². The Hall–Kier alpha value is -0.940. The van der Waals surface area contributed by atoms with Crippen LogP contribution in [0.5, 0.6) is 0 Å². The van der Waals surface area contributed by atoms with Crippen molar-refractivity contribution < 1.29 is 9.26 Å². The van der Waals surface area contributed by atoms with Crippen LogP contribution in [-0.4, -0.2) is 17.3 Å². The molecule has 0 amide bonds. The SMILES string of the molecule is CCC(C)C(N)c1nc(C2(OC)CCCC2)no1. The first-order valence-electron chi connectivity index (χ1n) is 6.78. The smallest absolute Gasteiger partial charge is 0.243 e. The van der Waals surface area contributed by atoms with Crippen LogP contribution >= 0.6 is 0 Å². The monoisotopic (exact) mass is 253 g/mol. The second kappa shape index (κ2) is 5.36. The number of nitrogens with two attached hydrogens (primary N) is 1. The summed E-state index contributed by atoms with van der Waals surface area (Å²) in [7, 11) is 1.72. The molecule has 18 heavy (non-hydrogen) atoms. The summed E-state index contributed by atoms with van der Waals surface area (Å²) < 4.78 is 11.0. The lowest BCUT2D eigenvalue weighted by atomic mass is 9.99. The van der Waals surface area contributed by atoms with Crippen LogP contribution in [0, 0.1) is 5.92 Å². The quantitative estimate of drug-likeness (QED) is 0.872.